The number of β-amino-alcohol motifs (C(OH)–C–C–N with tert-alkyl or cyclic N) is 1. The summed E-state index contributed by atoms with van der Waals surface area (Å²) in [7, 11) is 0. The number of rotatable bonds is 1. The monoisotopic (exact) mass is 169 g/mol. The molecule has 68 valence electrons. The van der Waals surface area contributed by atoms with Gasteiger partial charge in [0.2, 0.25) is 0 Å². The second-order valence-electron chi connectivity index (χ2n) is 3.50. The molecule has 2 rings (SSSR count). The summed E-state index contributed by atoms with van der Waals surface area (Å²) in [4.78, 5) is 0. The molecule has 3 nitrogen and oxygen atoms in total. The Bertz CT molecular complexity index is 191. The van der Waals surface area contributed by atoms with Crippen LogP contribution in [0.4, 0.5) is 0 Å². The molecule has 2 aliphatic heterocycles. The molecule has 0 amide bonds. The minimum atomic E-state index is -0.210. The molecule has 0 aromatic rings. The molecule has 0 saturated carbocycles. The summed E-state index contributed by atoms with van der Waals surface area (Å²) < 4.78 is 5.24. The summed E-state index contributed by atoms with van der Waals surface area (Å²) in [6, 6.07) is 0. The SMILES string of the molecule is OC1CNCC1C1=COCCC1. The first kappa shape index (κ1) is 8.08. The van der Waals surface area contributed by atoms with Crippen molar-refractivity contribution in [1.82, 2.24) is 5.32 Å². The minimum absolute atomic E-state index is 0.210. The van der Waals surface area contributed by atoms with E-state index in [1.54, 1.807) is 0 Å². The maximum absolute atomic E-state index is 9.58. The van der Waals surface area contributed by atoms with Crippen molar-refractivity contribution in [2.75, 3.05) is 19.7 Å². The molecular formula is C9H15NO2. The number of aliphatic hydroxyl groups excluding tert-OH is 1. The quantitative estimate of drug-likeness (QED) is 0.591. The number of nitrogens with one attached hydrogen (secondary N) is 1. The van der Waals surface area contributed by atoms with E-state index >= 15 is 0 Å². The van der Waals surface area contributed by atoms with Crippen molar-refractivity contribution in [2.45, 2.75) is 18.9 Å². The third kappa shape index (κ3) is 1.47. The van der Waals surface area contributed by atoms with Crippen molar-refractivity contribution in [3.8, 4) is 0 Å². The summed E-state index contributed by atoms with van der Waals surface area (Å²) in [6.45, 7) is 2.46. The molecule has 1 saturated heterocycles. The lowest BCUT2D eigenvalue weighted by Crippen LogP contribution is -2.21. The Morgan fingerprint density at radius 3 is 3.00 bits per heavy atom. The number of hydrogen-bond acceptors (Lipinski definition) is 3. The molecule has 2 heterocycles. The Balaban J connectivity index is 2.02. The van der Waals surface area contributed by atoms with Crippen LogP contribution in [0.15, 0.2) is 11.8 Å². The van der Waals surface area contributed by atoms with E-state index in [0.29, 0.717) is 5.92 Å². The summed E-state index contributed by atoms with van der Waals surface area (Å²) in [6.07, 6.45) is 3.81. The van der Waals surface area contributed by atoms with Gasteiger partial charge in [0.15, 0.2) is 0 Å². The van der Waals surface area contributed by atoms with Gasteiger partial charge in [0.05, 0.1) is 19.0 Å². The van der Waals surface area contributed by atoms with E-state index < -0.39 is 0 Å². The largest absolute Gasteiger partial charge is 0.501 e. The summed E-state index contributed by atoms with van der Waals surface area (Å²) in [5.74, 6) is 0.297. The summed E-state index contributed by atoms with van der Waals surface area (Å²) in [5, 5.41) is 12.8. The molecule has 2 atom stereocenters. The van der Waals surface area contributed by atoms with Gasteiger partial charge < -0.3 is 15.2 Å². The first-order valence-electron chi connectivity index (χ1n) is 4.57. The minimum Gasteiger partial charge on any atom is -0.501 e. The third-order valence-electron chi connectivity index (χ3n) is 2.62. The molecule has 0 bridgehead atoms. The topological polar surface area (TPSA) is 41.5 Å². The van der Waals surface area contributed by atoms with Gasteiger partial charge in [-0.15, -0.1) is 0 Å². The highest BCUT2D eigenvalue weighted by Crippen LogP contribution is 2.25. The maximum Gasteiger partial charge on any atom is 0.0876 e. The number of hydrogen-bond donors (Lipinski definition) is 2. The Labute approximate surface area is 72.4 Å². The summed E-state index contributed by atoms with van der Waals surface area (Å²) in [5.41, 5.74) is 1.28. The van der Waals surface area contributed by atoms with Crippen LogP contribution in [0.2, 0.25) is 0 Å². The van der Waals surface area contributed by atoms with E-state index in [4.69, 9.17) is 4.74 Å². The van der Waals surface area contributed by atoms with Crippen LogP contribution in [0.3, 0.4) is 0 Å². The molecule has 2 N–H and O–H groups in total. The zero-order valence-corrected chi connectivity index (χ0v) is 7.12. The molecule has 0 spiro atoms. The average Bonchev–Trinajstić information content (AvgIpc) is 2.53. The van der Waals surface area contributed by atoms with Gasteiger partial charge in [0, 0.05) is 19.0 Å². The average molecular weight is 169 g/mol. The normalized spacial score (nSPS) is 35.9. The Morgan fingerprint density at radius 2 is 2.42 bits per heavy atom. The van der Waals surface area contributed by atoms with Crippen LogP contribution in [-0.4, -0.2) is 30.9 Å². The van der Waals surface area contributed by atoms with Crippen molar-refractivity contribution in [1.29, 1.82) is 0 Å². The van der Waals surface area contributed by atoms with E-state index in [1.165, 1.54) is 5.57 Å². The van der Waals surface area contributed by atoms with Gasteiger partial charge in [-0.25, -0.2) is 0 Å². The van der Waals surface area contributed by atoms with Crippen molar-refractivity contribution in [2.24, 2.45) is 5.92 Å². The molecule has 0 aromatic heterocycles. The Hall–Kier alpha value is -0.540. The Kier molecular flexibility index (Phi) is 2.33. The van der Waals surface area contributed by atoms with Crippen LogP contribution < -0.4 is 5.32 Å². The highest BCUT2D eigenvalue weighted by Gasteiger charge is 2.28. The molecule has 0 radical (unpaired) electrons. The second kappa shape index (κ2) is 3.46. The standard InChI is InChI=1S/C9H15NO2/c11-9-5-10-4-8(9)7-2-1-3-12-6-7/h6,8-11H,1-5H2. The van der Waals surface area contributed by atoms with E-state index in [-0.39, 0.29) is 6.10 Å². The van der Waals surface area contributed by atoms with Crippen LogP contribution in [-0.2, 0) is 4.74 Å². The molecule has 3 heteroatoms. The van der Waals surface area contributed by atoms with Gasteiger partial charge in [-0.05, 0) is 18.4 Å². The van der Waals surface area contributed by atoms with E-state index in [9.17, 15) is 5.11 Å². The van der Waals surface area contributed by atoms with Crippen LogP contribution in [0, 0.1) is 5.92 Å². The second-order valence-corrected chi connectivity index (χ2v) is 3.50. The van der Waals surface area contributed by atoms with Crippen molar-refractivity contribution in [3.05, 3.63) is 11.8 Å². The van der Waals surface area contributed by atoms with Gasteiger partial charge in [-0.2, -0.15) is 0 Å². The van der Waals surface area contributed by atoms with Crippen molar-refractivity contribution in [3.63, 3.8) is 0 Å². The Morgan fingerprint density at radius 1 is 1.50 bits per heavy atom. The molecular weight excluding hydrogens is 154 g/mol. The molecule has 2 unspecified atom stereocenters. The number of ether oxygens (including phenoxy) is 1. The highest BCUT2D eigenvalue weighted by atomic mass is 16.5. The lowest BCUT2D eigenvalue weighted by Gasteiger charge is -2.20. The van der Waals surface area contributed by atoms with Crippen molar-refractivity contribution >= 4 is 0 Å². The first-order valence-corrected chi connectivity index (χ1v) is 4.57. The first-order chi connectivity index (χ1) is 5.88. The maximum atomic E-state index is 9.58. The molecule has 12 heavy (non-hydrogen) atoms. The third-order valence-corrected chi connectivity index (χ3v) is 2.62. The van der Waals surface area contributed by atoms with Crippen LogP contribution in [0.25, 0.3) is 0 Å². The number of aliphatic hydroxyl groups is 1. The fraction of sp³-hybridized carbons (Fsp3) is 0.778. The van der Waals surface area contributed by atoms with Crippen LogP contribution in [0.5, 0.6) is 0 Å². The molecule has 0 aliphatic carbocycles. The lowest BCUT2D eigenvalue weighted by molar-refractivity contribution is 0.149. The van der Waals surface area contributed by atoms with E-state index in [2.05, 4.69) is 5.32 Å². The predicted molar refractivity (Wildman–Crippen MR) is 45.6 cm³/mol. The van der Waals surface area contributed by atoms with Gasteiger partial charge in [-0.3, -0.25) is 0 Å². The van der Waals surface area contributed by atoms with Crippen molar-refractivity contribution < 1.29 is 9.84 Å². The van der Waals surface area contributed by atoms with E-state index in [1.807, 2.05) is 6.26 Å². The highest BCUT2D eigenvalue weighted by molar-refractivity contribution is 5.11. The smallest absolute Gasteiger partial charge is 0.0876 e. The van der Waals surface area contributed by atoms with Gasteiger partial charge in [0.1, 0.15) is 0 Å². The van der Waals surface area contributed by atoms with Gasteiger partial charge >= 0.3 is 0 Å². The predicted octanol–water partition coefficient (Wildman–Crippen LogP) is 0.261. The molecule has 2 aliphatic rings. The fourth-order valence-corrected chi connectivity index (χ4v) is 1.90. The molecule has 0 aromatic carbocycles. The zero-order valence-electron chi connectivity index (χ0n) is 7.12. The van der Waals surface area contributed by atoms with Gasteiger partial charge in [0.25, 0.3) is 0 Å². The zero-order chi connectivity index (χ0) is 8.39. The molecule has 1 fully saturated rings. The fourth-order valence-electron chi connectivity index (χ4n) is 1.90. The van der Waals surface area contributed by atoms with Crippen LogP contribution in [0.1, 0.15) is 12.8 Å². The summed E-state index contributed by atoms with van der Waals surface area (Å²) >= 11 is 0. The van der Waals surface area contributed by atoms with E-state index in [0.717, 1.165) is 32.5 Å². The lowest BCUT2D eigenvalue weighted by atomic mass is 9.93. The van der Waals surface area contributed by atoms with Crippen LogP contribution >= 0.6 is 0 Å². The van der Waals surface area contributed by atoms with Gasteiger partial charge in [-0.1, -0.05) is 0 Å².